The molecule has 0 N–H and O–H groups in total. The molecule has 1 saturated heterocycles. The number of benzene rings is 2. The Hall–Kier alpha value is -4.02. The number of pyridine rings is 1. The van der Waals surface area contributed by atoms with E-state index in [1.165, 1.54) is 5.69 Å². The Balaban J connectivity index is 1.32. The number of ether oxygens (including phenoxy) is 1. The molecule has 210 valence electrons. The highest BCUT2D eigenvalue weighted by Gasteiger charge is 2.36. The predicted molar refractivity (Wildman–Crippen MR) is 164 cm³/mol. The topological polar surface area (TPSA) is 77.9 Å². The van der Waals surface area contributed by atoms with Crippen molar-refractivity contribution in [1.29, 1.82) is 0 Å². The molecule has 0 bridgehead atoms. The van der Waals surface area contributed by atoms with Crippen LogP contribution in [0.15, 0.2) is 71.5 Å². The van der Waals surface area contributed by atoms with E-state index in [4.69, 9.17) is 14.7 Å². The van der Waals surface area contributed by atoms with Crippen LogP contribution in [0.2, 0.25) is 0 Å². The van der Waals surface area contributed by atoms with E-state index in [2.05, 4.69) is 62.0 Å². The van der Waals surface area contributed by atoms with E-state index in [1.54, 1.807) is 35.2 Å². The smallest absolute Gasteiger partial charge is 0.336 e. The molecule has 2 amide bonds. The number of aryl methyl sites for hydroxylation is 1. The zero-order valence-corrected chi connectivity index (χ0v) is 25.0. The summed E-state index contributed by atoms with van der Waals surface area (Å²) in [4.78, 5) is 36.4. The largest absolute Gasteiger partial charge is 0.495 e. The van der Waals surface area contributed by atoms with E-state index >= 15 is 0 Å². The van der Waals surface area contributed by atoms with E-state index in [-0.39, 0.29) is 6.03 Å². The van der Waals surface area contributed by atoms with Gasteiger partial charge in [-0.2, -0.15) is 0 Å². The number of halogens is 1. The third-order valence-corrected chi connectivity index (χ3v) is 8.30. The van der Waals surface area contributed by atoms with Crippen LogP contribution >= 0.6 is 15.9 Å². The molecule has 9 nitrogen and oxygen atoms in total. The van der Waals surface area contributed by atoms with Gasteiger partial charge in [0.05, 0.1) is 25.5 Å². The number of carbonyl (C=O) groups excluding carboxylic acids is 1. The molecule has 1 fully saturated rings. The van der Waals surface area contributed by atoms with Crippen LogP contribution in [0.1, 0.15) is 22.5 Å². The first-order valence-electron chi connectivity index (χ1n) is 13.7. The summed E-state index contributed by atoms with van der Waals surface area (Å²) in [7, 11) is 3.75. The number of urea groups is 1. The molecule has 10 heteroatoms. The third kappa shape index (κ3) is 5.49. The van der Waals surface area contributed by atoms with Gasteiger partial charge in [-0.3, -0.25) is 4.90 Å². The van der Waals surface area contributed by atoms with Crippen molar-refractivity contribution in [2.75, 3.05) is 55.0 Å². The maximum Gasteiger partial charge on any atom is 0.336 e. The maximum absolute atomic E-state index is 14.1. The monoisotopic (exact) mass is 613 g/mol. The zero-order chi connectivity index (χ0) is 28.5. The van der Waals surface area contributed by atoms with E-state index in [9.17, 15) is 4.79 Å². The second kappa shape index (κ2) is 11.5. The van der Waals surface area contributed by atoms with Crippen LogP contribution in [0.5, 0.6) is 5.75 Å². The van der Waals surface area contributed by atoms with Crippen LogP contribution < -0.4 is 19.4 Å². The Morgan fingerprint density at radius 1 is 0.951 bits per heavy atom. The number of rotatable bonds is 6. The highest BCUT2D eigenvalue weighted by molar-refractivity contribution is 9.10. The van der Waals surface area contributed by atoms with Gasteiger partial charge in [0.1, 0.15) is 17.4 Å². The van der Waals surface area contributed by atoms with Crippen LogP contribution in [0.3, 0.4) is 0 Å². The molecule has 2 aromatic carbocycles. The van der Waals surface area contributed by atoms with Crippen LogP contribution in [0.25, 0.3) is 0 Å². The Bertz CT molecular complexity index is 1530. The lowest BCUT2D eigenvalue weighted by Crippen LogP contribution is -2.46. The molecule has 2 aromatic heterocycles. The molecular weight excluding hydrogens is 582 g/mol. The number of aromatic nitrogens is 3. The van der Waals surface area contributed by atoms with Gasteiger partial charge in [-0.1, -0.05) is 24.3 Å². The van der Waals surface area contributed by atoms with E-state index in [1.807, 2.05) is 31.3 Å². The van der Waals surface area contributed by atoms with Crippen molar-refractivity contribution in [2.24, 2.45) is 0 Å². The second-order valence-electron chi connectivity index (χ2n) is 10.4. The Morgan fingerprint density at radius 2 is 1.73 bits per heavy atom. The van der Waals surface area contributed by atoms with Crippen molar-refractivity contribution in [3.05, 3.63) is 94.0 Å². The van der Waals surface area contributed by atoms with Gasteiger partial charge in [0.15, 0.2) is 5.82 Å². The molecule has 6 rings (SSSR count). The summed E-state index contributed by atoms with van der Waals surface area (Å²) in [6, 6.07) is 17.9. The molecule has 41 heavy (non-hydrogen) atoms. The highest BCUT2D eigenvalue weighted by Crippen LogP contribution is 2.39. The van der Waals surface area contributed by atoms with Crippen molar-refractivity contribution in [2.45, 2.75) is 19.9 Å². The number of likely N-dealkylation sites (N-methyl/N-ethyl adjacent to an activating group) is 1. The number of hydrogen-bond acceptors (Lipinski definition) is 7. The van der Waals surface area contributed by atoms with Gasteiger partial charge in [0.25, 0.3) is 0 Å². The maximum atomic E-state index is 14.1. The molecule has 2 aliphatic rings. The first-order chi connectivity index (χ1) is 19.9. The number of anilines is 4. The van der Waals surface area contributed by atoms with Crippen molar-refractivity contribution >= 4 is 45.0 Å². The Kier molecular flexibility index (Phi) is 7.59. The normalized spacial score (nSPS) is 15.7. The van der Waals surface area contributed by atoms with Crippen molar-refractivity contribution < 1.29 is 9.53 Å². The minimum absolute atomic E-state index is 0.230. The molecule has 0 atom stereocenters. The first-order valence-corrected chi connectivity index (χ1v) is 14.4. The lowest BCUT2D eigenvalue weighted by molar-refractivity contribution is 0.252. The number of methoxy groups -OCH3 is 1. The minimum atomic E-state index is -0.230. The fourth-order valence-electron chi connectivity index (χ4n) is 5.32. The summed E-state index contributed by atoms with van der Waals surface area (Å²) < 4.78 is 6.14. The molecular formula is C31H32BrN7O2. The summed E-state index contributed by atoms with van der Waals surface area (Å²) in [5, 5.41) is 0. The third-order valence-electron chi connectivity index (χ3n) is 7.67. The predicted octanol–water partition coefficient (Wildman–Crippen LogP) is 5.57. The van der Waals surface area contributed by atoms with Crippen molar-refractivity contribution in [3.63, 3.8) is 0 Å². The van der Waals surface area contributed by atoms with Gasteiger partial charge in [-0.15, -0.1) is 0 Å². The van der Waals surface area contributed by atoms with Crippen LogP contribution in [-0.4, -0.2) is 66.2 Å². The Labute approximate surface area is 248 Å². The van der Waals surface area contributed by atoms with Crippen molar-refractivity contribution in [3.8, 4) is 5.75 Å². The quantitative estimate of drug-likeness (QED) is 0.281. The fraction of sp³-hybridized carbons (Fsp3) is 0.290. The number of para-hydroxylation sites is 1. The summed E-state index contributed by atoms with van der Waals surface area (Å²) >= 11 is 3.65. The highest BCUT2D eigenvalue weighted by atomic mass is 79.9. The summed E-state index contributed by atoms with van der Waals surface area (Å²) in [6.45, 7) is 6.55. The zero-order valence-electron chi connectivity index (χ0n) is 23.4. The van der Waals surface area contributed by atoms with Crippen LogP contribution in [-0.2, 0) is 13.0 Å². The van der Waals surface area contributed by atoms with Gasteiger partial charge in [0.2, 0.25) is 0 Å². The molecule has 0 radical (unpaired) electrons. The average molecular weight is 615 g/mol. The van der Waals surface area contributed by atoms with E-state index < -0.39 is 0 Å². The fourth-order valence-corrected chi connectivity index (χ4v) is 6.00. The van der Waals surface area contributed by atoms with Gasteiger partial charge in [-0.05, 0) is 71.4 Å². The van der Waals surface area contributed by atoms with Gasteiger partial charge < -0.3 is 14.5 Å². The van der Waals surface area contributed by atoms with E-state index in [0.29, 0.717) is 36.2 Å². The number of nitrogens with zero attached hydrogens (tertiary/aromatic N) is 7. The molecule has 0 unspecified atom stereocenters. The van der Waals surface area contributed by atoms with Crippen LogP contribution in [0.4, 0.5) is 27.8 Å². The van der Waals surface area contributed by atoms with Crippen molar-refractivity contribution in [1.82, 2.24) is 19.9 Å². The second-order valence-corrected chi connectivity index (χ2v) is 11.3. The summed E-state index contributed by atoms with van der Waals surface area (Å²) in [6.07, 6.45) is 3.99. The first kappa shape index (κ1) is 27.2. The minimum Gasteiger partial charge on any atom is -0.495 e. The van der Waals surface area contributed by atoms with E-state index in [0.717, 1.165) is 53.0 Å². The van der Waals surface area contributed by atoms with Crippen LogP contribution in [0, 0.1) is 6.92 Å². The number of fused-ring (bicyclic) bond motifs is 1. The molecule has 4 aromatic rings. The SMILES string of the molecule is COc1ccc(N2C(=O)N(c3c(C)cccc3Br)Cc3cnc(Cc4ccc(N5CCN(C)CC5)cc4)nc32)nc1. The number of hydrogen-bond donors (Lipinski definition) is 0. The lowest BCUT2D eigenvalue weighted by Gasteiger charge is -2.36. The molecule has 0 saturated carbocycles. The molecule has 2 aliphatic heterocycles. The molecule has 0 aliphatic carbocycles. The van der Waals surface area contributed by atoms with Gasteiger partial charge >= 0.3 is 6.03 Å². The van der Waals surface area contributed by atoms with Gasteiger partial charge in [0, 0.05) is 54.5 Å². The summed E-state index contributed by atoms with van der Waals surface area (Å²) in [5.74, 6) is 2.27. The number of amides is 2. The van der Waals surface area contributed by atoms with Gasteiger partial charge in [-0.25, -0.2) is 24.6 Å². The average Bonchev–Trinajstić information content (AvgIpc) is 2.98. The number of carbonyl (C=O) groups is 1. The summed E-state index contributed by atoms with van der Waals surface area (Å²) in [5.41, 5.74) is 4.98. The lowest BCUT2D eigenvalue weighted by atomic mass is 10.1. The standard InChI is InChI=1S/C31H32BrN7O2/c1-21-5-4-6-26(32)29(21)38-20-23-18-33-27(17-22-7-9-24(10-8-22)37-15-13-36(2)14-16-37)35-30(23)39(31(38)40)28-12-11-25(41-3)19-34-28/h4-12,18-19H,13-17,20H2,1-3H3. The number of piperazine rings is 1. The Morgan fingerprint density at radius 3 is 2.41 bits per heavy atom. The molecule has 0 spiro atoms. The molecule has 4 heterocycles.